The quantitative estimate of drug-likeness (QED) is 0.321. The second-order valence-electron chi connectivity index (χ2n) is 12.4. The molecular formula is C27H44O5S. The minimum absolute atomic E-state index is 0.0529. The van der Waals surface area contributed by atoms with E-state index in [2.05, 4.69) is 31.0 Å². The predicted octanol–water partition coefficient (Wildman–Crippen LogP) is 6.40. The topological polar surface area (TPSA) is 80.7 Å². The third-order valence-electron chi connectivity index (χ3n) is 10.5. The molecule has 6 heteroatoms. The van der Waals surface area contributed by atoms with Crippen molar-refractivity contribution in [2.75, 3.05) is 6.61 Å². The smallest absolute Gasteiger partial charge is 0.300 e. The number of rotatable bonds is 8. The van der Waals surface area contributed by atoms with E-state index in [1.807, 2.05) is 6.92 Å². The fourth-order valence-electron chi connectivity index (χ4n) is 8.55. The molecule has 0 heterocycles. The highest BCUT2D eigenvalue weighted by atomic mass is 32.3. The van der Waals surface area contributed by atoms with Crippen LogP contribution in [0.15, 0.2) is 11.6 Å². The standard InChI is InChI=1S/C27H44O5S/c1-18(17-32-33(29,30)31)6-5-7-19(2)23-10-11-24-22-9-8-20-16-21(28)12-14-26(20,3)25(22)13-15-27(23,24)4/h9,18-20,23-25H,5-8,10-17H2,1-4H3,(H,29,30,31)/t18-,19+,20-,23+,24-,25?,26-,27+/m0/s1. The molecule has 0 radical (unpaired) electrons. The number of Topliss-reactive ketones (excluding diaryl/α,β-unsaturated/α-hetero) is 1. The number of carbonyl (C=O) groups is 1. The van der Waals surface area contributed by atoms with E-state index in [1.165, 1.54) is 25.7 Å². The van der Waals surface area contributed by atoms with Gasteiger partial charge in [-0.2, -0.15) is 8.42 Å². The highest BCUT2D eigenvalue weighted by molar-refractivity contribution is 7.80. The normalized spacial score (nSPS) is 40.4. The Morgan fingerprint density at radius 3 is 2.55 bits per heavy atom. The van der Waals surface area contributed by atoms with E-state index in [0.717, 1.165) is 50.9 Å². The molecule has 3 saturated carbocycles. The van der Waals surface area contributed by atoms with Crippen LogP contribution in [-0.2, 0) is 19.4 Å². The summed E-state index contributed by atoms with van der Waals surface area (Å²) in [6.07, 6.45) is 14.7. The van der Waals surface area contributed by atoms with Gasteiger partial charge in [0.1, 0.15) is 5.78 Å². The third-order valence-corrected chi connectivity index (χ3v) is 10.9. The summed E-state index contributed by atoms with van der Waals surface area (Å²) in [6.45, 7) is 9.50. The van der Waals surface area contributed by atoms with Crippen molar-refractivity contribution in [3.05, 3.63) is 11.6 Å². The van der Waals surface area contributed by atoms with E-state index in [0.29, 0.717) is 40.3 Å². The summed E-state index contributed by atoms with van der Waals surface area (Å²) in [4.78, 5) is 12.1. The van der Waals surface area contributed by atoms with Gasteiger partial charge in [-0.15, -0.1) is 0 Å². The summed E-state index contributed by atoms with van der Waals surface area (Å²) in [5, 5.41) is 0. The summed E-state index contributed by atoms with van der Waals surface area (Å²) >= 11 is 0. The highest BCUT2D eigenvalue weighted by Gasteiger charge is 2.58. The molecule has 1 unspecified atom stereocenters. The Hall–Kier alpha value is -0.720. The Balaban J connectivity index is 1.37. The van der Waals surface area contributed by atoms with Gasteiger partial charge in [0.2, 0.25) is 0 Å². The number of allylic oxidation sites excluding steroid dienone is 2. The zero-order valence-electron chi connectivity index (χ0n) is 21.0. The number of fused-ring (bicyclic) bond motifs is 5. The van der Waals surface area contributed by atoms with Gasteiger partial charge < -0.3 is 0 Å². The molecule has 0 aliphatic heterocycles. The minimum atomic E-state index is -4.34. The molecule has 4 aliphatic carbocycles. The molecule has 3 fully saturated rings. The molecule has 0 saturated heterocycles. The van der Waals surface area contributed by atoms with Crippen molar-refractivity contribution >= 4 is 16.2 Å². The first-order chi connectivity index (χ1) is 15.4. The van der Waals surface area contributed by atoms with Crippen LogP contribution < -0.4 is 0 Å². The van der Waals surface area contributed by atoms with Crippen LogP contribution in [0.25, 0.3) is 0 Å². The molecule has 4 rings (SSSR count). The second-order valence-corrected chi connectivity index (χ2v) is 13.5. The van der Waals surface area contributed by atoms with Crippen LogP contribution in [-0.4, -0.2) is 25.4 Å². The van der Waals surface area contributed by atoms with Gasteiger partial charge in [0.15, 0.2) is 0 Å². The lowest BCUT2D eigenvalue weighted by Gasteiger charge is -2.57. The lowest BCUT2D eigenvalue weighted by molar-refractivity contribution is -0.127. The summed E-state index contributed by atoms with van der Waals surface area (Å²) in [5.41, 5.74) is 2.46. The number of ketones is 1. The molecule has 0 aromatic heterocycles. The van der Waals surface area contributed by atoms with Gasteiger partial charge in [-0.3, -0.25) is 9.35 Å². The van der Waals surface area contributed by atoms with E-state index in [-0.39, 0.29) is 12.5 Å². The molecule has 0 amide bonds. The molecule has 0 aromatic rings. The Bertz CT molecular complexity index is 879. The van der Waals surface area contributed by atoms with Crippen molar-refractivity contribution in [2.45, 2.75) is 98.3 Å². The van der Waals surface area contributed by atoms with Crippen LogP contribution in [0.1, 0.15) is 98.3 Å². The maximum absolute atomic E-state index is 12.1. The predicted molar refractivity (Wildman–Crippen MR) is 130 cm³/mol. The van der Waals surface area contributed by atoms with Gasteiger partial charge >= 0.3 is 10.4 Å². The maximum atomic E-state index is 12.1. The Labute approximate surface area is 201 Å². The van der Waals surface area contributed by atoms with Gasteiger partial charge in [-0.1, -0.05) is 52.2 Å². The lowest BCUT2D eigenvalue weighted by Crippen LogP contribution is -2.49. The number of carbonyl (C=O) groups excluding carboxylic acids is 1. The molecule has 33 heavy (non-hydrogen) atoms. The zero-order valence-corrected chi connectivity index (χ0v) is 21.8. The second kappa shape index (κ2) is 9.39. The van der Waals surface area contributed by atoms with Gasteiger partial charge in [-0.25, -0.2) is 4.18 Å². The molecule has 188 valence electrons. The van der Waals surface area contributed by atoms with Gasteiger partial charge in [-0.05, 0) is 91.3 Å². The number of hydrogen-bond acceptors (Lipinski definition) is 4. The molecule has 8 atom stereocenters. The van der Waals surface area contributed by atoms with E-state index < -0.39 is 10.4 Å². The third kappa shape index (κ3) is 4.99. The largest absolute Gasteiger partial charge is 0.397 e. The molecule has 0 aromatic carbocycles. The van der Waals surface area contributed by atoms with Crippen molar-refractivity contribution in [3.8, 4) is 0 Å². The first-order valence-corrected chi connectivity index (χ1v) is 14.6. The van der Waals surface area contributed by atoms with Crippen molar-refractivity contribution in [1.82, 2.24) is 0 Å². The summed E-state index contributed by atoms with van der Waals surface area (Å²) < 4.78 is 34.9. The van der Waals surface area contributed by atoms with E-state index in [1.54, 1.807) is 5.57 Å². The fourth-order valence-corrected chi connectivity index (χ4v) is 8.96. The highest BCUT2D eigenvalue weighted by Crippen LogP contribution is 2.66. The molecular weight excluding hydrogens is 436 g/mol. The van der Waals surface area contributed by atoms with Crippen LogP contribution in [0, 0.1) is 46.3 Å². The Morgan fingerprint density at radius 2 is 1.82 bits per heavy atom. The molecule has 0 spiro atoms. The first-order valence-electron chi connectivity index (χ1n) is 13.3. The average molecular weight is 481 g/mol. The molecule has 1 N–H and O–H groups in total. The minimum Gasteiger partial charge on any atom is -0.300 e. The average Bonchev–Trinajstić information content (AvgIpc) is 3.09. The summed E-state index contributed by atoms with van der Waals surface area (Å²) in [7, 11) is -4.34. The van der Waals surface area contributed by atoms with Crippen molar-refractivity contribution < 1.29 is 21.9 Å². The van der Waals surface area contributed by atoms with E-state index in [9.17, 15) is 13.2 Å². The van der Waals surface area contributed by atoms with Crippen LogP contribution >= 0.6 is 0 Å². The van der Waals surface area contributed by atoms with Crippen molar-refractivity contribution in [2.24, 2.45) is 46.3 Å². The van der Waals surface area contributed by atoms with Crippen LogP contribution in [0.5, 0.6) is 0 Å². The van der Waals surface area contributed by atoms with Crippen molar-refractivity contribution in [3.63, 3.8) is 0 Å². The van der Waals surface area contributed by atoms with Crippen molar-refractivity contribution in [1.29, 1.82) is 0 Å². The van der Waals surface area contributed by atoms with Gasteiger partial charge in [0.25, 0.3) is 0 Å². The maximum Gasteiger partial charge on any atom is 0.397 e. The van der Waals surface area contributed by atoms with Gasteiger partial charge in [0.05, 0.1) is 6.61 Å². The molecule has 0 bridgehead atoms. The van der Waals surface area contributed by atoms with Crippen LogP contribution in [0.3, 0.4) is 0 Å². The first kappa shape index (κ1) is 25.4. The van der Waals surface area contributed by atoms with Crippen LogP contribution in [0.4, 0.5) is 0 Å². The number of hydrogen-bond donors (Lipinski definition) is 1. The molecule has 4 aliphatic rings. The Kier molecular flexibility index (Phi) is 7.22. The van der Waals surface area contributed by atoms with E-state index >= 15 is 0 Å². The zero-order chi connectivity index (χ0) is 24.0. The summed E-state index contributed by atoms with van der Waals surface area (Å²) in [5.74, 6) is 3.94. The SMILES string of the molecule is C[C@@H](CCC[C@@H](C)[C@H]1CC[C@H]2C3=CC[C@H]4CC(=O)CC[C@]4(C)C3CC[C@]12C)COS(=O)(=O)O. The Morgan fingerprint density at radius 1 is 1.09 bits per heavy atom. The van der Waals surface area contributed by atoms with Crippen LogP contribution in [0.2, 0.25) is 0 Å². The monoisotopic (exact) mass is 480 g/mol. The van der Waals surface area contributed by atoms with Gasteiger partial charge in [0, 0.05) is 12.8 Å². The van der Waals surface area contributed by atoms with E-state index in [4.69, 9.17) is 4.55 Å². The fraction of sp³-hybridized carbons (Fsp3) is 0.889. The molecule has 5 nitrogen and oxygen atoms in total. The summed E-state index contributed by atoms with van der Waals surface area (Å²) in [6, 6.07) is 0. The lowest BCUT2D eigenvalue weighted by atomic mass is 9.47.